The van der Waals surface area contributed by atoms with E-state index in [0.717, 1.165) is 54.8 Å². The van der Waals surface area contributed by atoms with Crippen molar-refractivity contribution in [1.29, 1.82) is 0 Å². The van der Waals surface area contributed by atoms with Crippen LogP contribution in [0.3, 0.4) is 0 Å². The minimum Gasteiger partial charge on any atom is -0.456 e. The molecule has 8 aliphatic rings. The van der Waals surface area contributed by atoms with Crippen LogP contribution in [-0.2, 0) is 14.3 Å². The Kier molecular flexibility index (Phi) is 3.95. The molecule has 0 aliphatic heterocycles. The van der Waals surface area contributed by atoms with Gasteiger partial charge < -0.3 is 10.1 Å². The van der Waals surface area contributed by atoms with Crippen molar-refractivity contribution in [2.75, 3.05) is 6.61 Å². The molecule has 0 radical (unpaired) electrons. The Hall–Kier alpha value is -1.06. The lowest BCUT2D eigenvalue weighted by Crippen LogP contribution is -2.60. The Labute approximate surface area is 168 Å². The van der Waals surface area contributed by atoms with Crippen molar-refractivity contribution < 1.29 is 14.3 Å². The maximum absolute atomic E-state index is 12.6. The molecular formula is C24H35NO3. The van der Waals surface area contributed by atoms with Gasteiger partial charge in [0.2, 0.25) is 0 Å². The van der Waals surface area contributed by atoms with Gasteiger partial charge in [-0.1, -0.05) is 0 Å². The van der Waals surface area contributed by atoms with Gasteiger partial charge in [-0.15, -0.1) is 0 Å². The average Bonchev–Trinajstić information content (AvgIpc) is 2.56. The molecule has 28 heavy (non-hydrogen) atoms. The third-order valence-electron chi connectivity index (χ3n) is 9.49. The number of nitrogens with one attached hydrogen (secondary N) is 1. The third kappa shape index (κ3) is 3.10. The summed E-state index contributed by atoms with van der Waals surface area (Å²) in [7, 11) is 0. The number of hydrogen-bond donors (Lipinski definition) is 1. The molecule has 8 rings (SSSR count). The maximum Gasteiger partial charge on any atom is 0.306 e. The zero-order valence-corrected chi connectivity index (χ0v) is 17.1. The molecule has 8 bridgehead atoms. The molecule has 8 fully saturated rings. The van der Waals surface area contributed by atoms with Crippen molar-refractivity contribution in [3.63, 3.8) is 0 Å². The highest BCUT2D eigenvalue weighted by atomic mass is 16.5. The van der Waals surface area contributed by atoms with Crippen LogP contribution < -0.4 is 5.32 Å². The van der Waals surface area contributed by atoms with Gasteiger partial charge in [0, 0.05) is 5.54 Å². The summed E-state index contributed by atoms with van der Waals surface area (Å²) < 4.78 is 5.51. The molecular weight excluding hydrogens is 350 g/mol. The average molecular weight is 386 g/mol. The predicted molar refractivity (Wildman–Crippen MR) is 105 cm³/mol. The molecule has 0 saturated heterocycles. The lowest BCUT2D eigenvalue weighted by Gasteiger charge is -2.57. The fourth-order valence-electron chi connectivity index (χ4n) is 9.61. The molecule has 0 aromatic heterocycles. The first-order valence-electron chi connectivity index (χ1n) is 11.9. The van der Waals surface area contributed by atoms with E-state index in [0.29, 0.717) is 6.42 Å². The van der Waals surface area contributed by atoms with E-state index in [1.165, 1.54) is 57.8 Å². The molecule has 154 valence electrons. The molecule has 1 amide bonds. The Morgan fingerprint density at radius 3 is 1.61 bits per heavy atom. The predicted octanol–water partition coefficient (Wildman–Crippen LogP) is 4.22. The summed E-state index contributed by atoms with van der Waals surface area (Å²) in [6, 6.07) is 0. The van der Waals surface area contributed by atoms with Gasteiger partial charge in [0.1, 0.15) is 0 Å². The van der Waals surface area contributed by atoms with Gasteiger partial charge in [-0.2, -0.15) is 0 Å². The summed E-state index contributed by atoms with van der Waals surface area (Å²) in [6.45, 7) is -0.0764. The zero-order chi connectivity index (χ0) is 18.9. The molecule has 4 heteroatoms. The van der Waals surface area contributed by atoms with Crippen molar-refractivity contribution in [2.24, 2.45) is 40.9 Å². The molecule has 0 unspecified atom stereocenters. The molecule has 4 nitrogen and oxygen atoms in total. The second kappa shape index (κ2) is 6.22. The molecule has 8 saturated carbocycles. The van der Waals surface area contributed by atoms with E-state index in [1.54, 1.807) is 0 Å². The fourth-order valence-corrected chi connectivity index (χ4v) is 9.61. The highest BCUT2D eigenvalue weighted by Crippen LogP contribution is 2.61. The van der Waals surface area contributed by atoms with E-state index in [2.05, 4.69) is 5.32 Å². The summed E-state index contributed by atoms with van der Waals surface area (Å²) in [5, 5.41) is 3.32. The van der Waals surface area contributed by atoms with Crippen LogP contribution >= 0.6 is 0 Å². The SMILES string of the molecule is O=C(COC(=O)CC12CC3CC(CC(C3)C1)C2)NC12CC3CC(CC(C3)C1)C2. The summed E-state index contributed by atoms with van der Waals surface area (Å²) >= 11 is 0. The smallest absolute Gasteiger partial charge is 0.306 e. The van der Waals surface area contributed by atoms with Crippen molar-refractivity contribution >= 4 is 11.9 Å². The number of hydrogen-bond acceptors (Lipinski definition) is 3. The summed E-state index contributed by atoms with van der Waals surface area (Å²) in [4.78, 5) is 25.2. The monoisotopic (exact) mass is 385 g/mol. The van der Waals surface area contributed by atoms with E-state index in [4.69, 9.17) is 4.74 Å². The number of amides is 1. The highest BCUT2D eigenvalue weighted by Gasteiger charge is 2.53. The standard InChI is InChI=1S/C24H35NO3/c26-21(25-24-10-18-4-19(11-24)6-20(5-18)12-24)14-28-22(27)13-23-7-15-1-16(8-23)3-17(2-15)9-23/h15-20H,1-14H2,(H,25,26). The second-order valence-electron chi connectivity index (χ2n) is 12.0. The number of ether oxygens (including phenoxy) is 1. The lowest BCUT2D eigenvalue weighted by molar-refractivity contribution is -0.156. The molecule has 0 aromatic carbocycles. The Bertz CT molecular complexity index is 555. The van der Waals surface area contributed by atoms with E-state index >= 15 is 0 Å². The van der Waals surface area contributed by atoms with Gasteiger partial charge in [-0.3, -0.25) is 9.59 Å². The van der Waals surface area contributed by atoms with Gasteiger partial charge in [0.15, 0.2) is 6.61 Å². The van der Waals surface area contributed by atoms with Gasteiger partial charge in [-0.05, 0) is 118 Å². The molecule has 8 aliphatic carbocycles. The number of rotatable bonds is 5. The number of carbonyl (C=O) groups excluding carboxylic acids is 2. The van der Waals surface area contributed by atoms with E-state index in [9.17, 15) is 9.59 Å². The van der Waals surface area contributed by atoms with Crippen molar-refractivity contribution in [2.45, 2.75) is 89.0 Å². The first kappa shape index (κ1) is 17.8. The molecule has 0 aromatic rings. The van der Waals surface area contributed by atoms with Crippen LogP contribution in [0.2, 0.25) is 0 Å². The summed E-state index contributed by atoms with van der Waals surface area (Å²) in [5.74, 6) is 4.76. The quantitative estimate of drug-likeness (QED) is 0.721. The summed E-state index contributed by atoms with van der Waals surface area (Å²) in [5.41, 5.74) is 0.209. The van der Waals surface area contributed by atoms with E-state index in [1.807, 2.05) is 0 Å². The topological polar surface area (TPSA) is 55.4 Å². The van der Waals surface area contributed by atoms with Gasteiger partial charge in [0.05, 0.1) is 6.42 Å². The second-order valence-corrected chi connectivity index (χ2v) is 12.0. The Morgan fingerprint density at radius 2 is 1.14 bits per heavy atom. The van der Waals surface area contributed by atoms with Crippen molar-refractivity contribution in [1.82, 2.24) is 5.32 Å². The van der Waals surface area contributed by atoms with E-state index in [-0.39, 0.29) is 29.4 Å². The van der Waals surface area contributed by atoms with Crippen LogP contribution in [-0.4, -0.2) is 24.0 Å². The van der Waals surface area contributed by atoms with Crippen LogP contribution in [0.4, 0.5) is 0 Å². The lowest BCUT2D eigenvalue weighted by atomic mass is 9.49. The minimum absolute atomic E-state index is 0.0121. The molecule has 1 N–H and O–H groups in total. The van der Waals surface area contributed by atoms with Crippen LogP contribution in [0.1, 0.15) is 83.5 Å². The van der Waals surface area contributed by atoms with Gasteiger partial charge in [0.25, 0.3) is 5.91 Å². The Morgan fingerprint density at radius 1 is 0.714 bits per heavy atom. The van der Waals surface area contributed by atoms with Crippen LogP contribution in [0.15, 0.2) is 0 Å². The number of carbonyl (C=O) groups is 2. The minimum atomic E-state index is -0.136. The third-order valence-corrected chi connectivity index (χ3v) is 9.49. The molecule has 0 spiro atoms. The molecule has 0 atom stereocenters. The molecule has 0 heterocycles. The number of esters is 1. The van der Waals surface area contributed by atoms with Gasteiger partial charge >= 0.3 is 5.97 Å². The highest BCUT2D eigenvalue weighted by molar-refractivity contribution is 5.81. The largest absolute Gasteiger partial charge is 0.456 e. The van der Waals surface area contributed by atoms with Crippen LogP contribution in [0.25, 0.3) is 0 Å². The van der Waals surface area contributed by atoms with Crippen molar-refractivity contribution in [3.8, 4) is 0 Å². The van der Waals surface area contributed by atoms with Gasteiger partial charge in [-0.25, -0.2) is 0 Å². The normalized spacial score (nSPS) is 50.0. The first-order valence-corrected chi connectivity index (χ1v) is 11.9. The first-order chi connectivity index (χ1) is 13.5. The van der Waals surface area contributed by atoms with E-state index < -0.39 is 0 Å². The fraction of sp³-hybridized carbons (Fsp3) is 0.917. The Balaban J connectivity index is 1.02. The zero-order valence-electron chi connectivity index (χ0n) is 17.1. The summed E-state index contributed by atoms with van der Waals surface area (Å²) in [6.07, 6.45) is 15.9. The maximum atomic E-state index is 12.6. The van der Waals surface area contributed by atoms with Crippen LogP contribution in [0.5, 0.6) is 0 Å². The van der Waals surface area contributed by atoms with Crippen molar-refractivity contribution in [3.05, 3.63) is 0 Å². The van der Waals surface area contributed by atoms with Crippen LogP contribution in [0, 0.1) is 40.9 Å².